The minimum Gasteiger partial charge on any atom is -0.387 e. The fourth-order valence-electron chi connectivity index (χ4n) is 9.18. The van der Waals surface area contributed by atoms with Gasteiger partial charge in [0, 0.05) is 6.42 Å². The van der Waals surface area contributed by atoms with Crippen LogP contribution in [0.1, 0.15) is 303 Å². The highest BCUT2D eigenvalue weighted by molar-refractivity contribution is 7.47. The van der Waals surface area contributed by atoms with Crippen molar-refractivity contribution in [2.45, 2.75) is 315 Å². The number of rotatable bonds is 56. The maximum absolute atomic E-state index is 13.0. The average molecular weight is 997 g/mol. The van der Waals surface area contributed by atoms with Crippen molar-refractivity contribution < 1.29 is 32.9 Å². The number of amides is 1. The molecule has 3 N–H and O–H groups in total. The lowest BCUT2D eigenvalue weighted by Gasteiger charge is -2.25. The summed E-state index contributed by atoms with van der Waals surface area (Å²) in [6.45, 7) is 4.84. The van der Waals surface area contributed by atoms with E-state index in [-0.39, 0.29) is 19.1 Å². The van der Waals surface area contributed by atoms with Gasteiger partial charge in [-0.3, -0.25) is 13.8 Å². The summed E-state index contributed by atoms with van der Waals surface area (Å²) in [7, 11) is 1.57. The molecule has 8 nitrogen and oxygen atoms in total. The van der Waals surface area contributed by atoms with Crippen LogP contribution in [0.4, 0.5) is 0 Å². The minimum atomic E-state index is -4.35. The number of carbonyl (C=O) groups excluding carboxylic acids is 1. The standard InChI is InChI=1S/C60H119N2O6P/c1-6-8-10-12-14-16-18-20-22-24-26-27-28-29-30-31-32-33-34-35-36-37-39-41-43-45-47-49-51-53-59(63)58(57-68-69(65,66)67-56-55-62(3,4)5)61-60(64)54-52-50-48-46-44-42-40-38-25-23-21-19-17-15-13-11-9-7-2/h43,45,51,53,58-59,63H,6-42,44,46-50,52,54-57H2,1-5H3,(H-,61,64,65,66)/p+1/b45-43+,53-51+. The lowest BCUT2D eigenvalue weighted by molar-refractivity contribution is -0.870. The molecular weight excluding hydrogens is 876 g/mol. The predicted molar refractivity (Wildman–Crippen MR) is 300 cm³/mol. The summed E-state index contributed by atoms with van der Waals surface area (Å²) in [5.41, 5.74) is 0. The van der Waals surface area contributed by atoms with Crippen molar-refractivity contribution in [2.24, 2.45) is 0 Å². The Hall–Kier alpha value is -1.02. The van der Waals surface area contributed by atoms with E-state index in [0.29, 0.717) is 17.4 Å². The maximum atomic E-state index is 13.0. The van der Waals surface area contributed by atoms with Crippen LogP contribution in [0.5, 0.6) is 0 Å². The molecule has 1 amide bonds. The largest absolute Gasteiger partial charge is 0.472 e. The lowest BCUT2D eigenvalue weighted by Crippen LogP contribution is -2.45. The second kappa shape index (κ2) is 51.9. The molecular formula is C60H120N2O6P+. The SMILES string of the molecule is CCCCCCCCCCCCCCCCCCCCCCCCC/C=C/CC/C=C/C(O)C(COP(=O)(O)OCC[N+](C)(C)C)NC(=O)CCCCCCCCCCCCCCCCCCCC. The molecule has 410 valence electrons. The molecule has 3 unspecified atom stereocenters. The number of phosphoric acid groups is 1. The van der Waals surface area contributed by atoms with Gasteiger partial charge in [-0.05, 0) is 32.1 Å². The van der Waals surface area contributed by atoms with E-state index >= 15 is 0 Å². The van der Waals surface area contributed by atoms with Crippen LogP contribution in [0.15, 0.2) is 24.3 Å². The van der Waals surface area contributed by atoms with E-state index in [1.165, 1.54) is 244 Å². The summed E-state index contributed by atoms with van der Waals surface area (Å²) in [4.78, 5) is 23.3. The Morgan fingerprint density at radius 2 is 0.797 bits per heavy atom. The van der Waals surface area contributed by atoms with Gasteiger partial charge < -0.3 is 19.8 Å². The number of nitrogens with zero attached hydrogens (tertiary/aromatic N) is 1. The minimum absolute atomic E-state index is 0.0588. The van der Waals surface area contributed by atoms with Gasteiger partial charge in [-0.15, -0.1) is 0 Å². The van der Waals surface area contributed by atoms with Crippen LogP contribution >= 0.6 is 7.82 Å². The zero-order valence-corrected chi connectivity index (χ0v) is 47.7. The molecule has 0 fully saturated rings. The average Bonchev–Trinajstić information content (AvgIpc) is 3.31. The number of quaternary nitrogens is 1. The summed E-state index contributed by atoms with van der Waals surface area (Å²) >= 11 is 0. The highest BCUT2D eigenvalue weighted by atomic mass is 31.2. The molecule has 0 aromatic rings. The van der Waals surface area contributed by atoms with Crippen molar-refractivity contribution in [3.05, 3.63) is 24.3 Å². The van der Waals surface area contributed by atoms with Crippen LogP contribution in [0.25, 0.3) is 0 Å². The van der Waals surface area contributed by atoms with E-state index in [1.54, 1.807) is 6.08 Å². The quantitative estimate of drug-likeness (QED) is 0.0243. The van der Waals surface area contributed by atoms with E-state index in [4.69, 9.17) is 9.05 Å². The van der Waals surface area contributed by atoms with Crippen molar-refractivity contribution >= 4 is 13.7 Å². The highest BCUT2D eigenvalue weighted by Gasteiger charge is 2.27. The number of aliphatic hydroxyl groups excluding tert-OH is 1. The third-order valence-corrected chi connectivity index (χ3v) is 14.9. The summed E-state index contributed by atoms with van der Waals surface area (Å²) in [6, 6.07) is -0.860. The molecule has 69 heavy (non-hydrogen) atoms. The van der Waals surface area contributed by atoms with Gasteiger partial charge in [-0.1, -0.05) is 289 Å². The summed E-state index contributed by atoms with van der Waals surface area (Å²) in [6.07, 6.45) is 65.8. The van der Waals surface area contributed by atoms with Crippen LogP contribution in [0.3, 0.4) is 0 Å². The Kier molecular flexibility index (Phi) is 51.1. The van der Waals surface area contributed by atoms with Crippen molar-refractivity contribution in [3.63, 3.8) is 0 Å². The molecule has 0 heterocycles. The Morgan fingerprint density at radius 1 is 0.478 bits per heavy atom. The monoisotopic (exact) mass is 996 g/mol. The smallest absolute Gasteiger partial charge is 0.387 e. The Morgan fingerprint density at radius 3 is 1.16 bits per heavy atom. The fourth-order valence-corrected chi connectivity index (χ4v) is 9.92. The van der Waals surface area contributed by atoms with E-state index in [9.17, 15) is 19.4 Å². The number of unbranched alkanes of at least 4 members (excludes halogenated alkanes) is 41. The molecule has 0 aliphatic rings. The van der Waals surface area contributed by atoms with E-state index < -0.39 is 20.0 Å². The van der Waals surface area contributed by atoms with Crippen LogP contribution in [-0.2, 0) is 18.4 Å². The molecule has 0 bridgehead atoms. The van der Waals surface area contributed by atoms with Gasteiger partial charge in [-0.2, -0.15) is 0 Å². The van der Waals surface area contributed by atoms with Crippen LogP contribution in [0.2, 0.25) is 0 Å². The maximum Gasteiger partial charge on any atom is 0.472 e. The first-order chi connectivity index (χ1) is 33.5. The van der Waals surface area contributed by atoms with Gasteiger partial charge >= 0.3 is 7.82 Å². The number of nitrogens with one attached hydrogen (secondary N) is 1. The number of carbonyl (C=O) groups is 1. The lowest BCUT2D eigenvalue weighted by atomic mass is 10.0. The van der Waals surface area contributed by atoms with E-state index in [1.807, 2.05) is 27.2 Å². The molecule has 0 aromatic carbocycles. The number of phosphoric ester groups is 1. The normalized spacial score (nSPS) is 14.0. The number of hydrogen-bond acceptors (Lipinski definition) is 5. The summed E-state index contributed by atoms with van der Waals surface area (Å²) in [5, 5.41) is 13.9. The van der Waals surface area contributed by atoms with Crippen LogP contribution in [-0.4, -0.2) is 73.4 Å². The van der Waals surface area contributed by atoms with Crippen molar-refractivity contribution in [3.8, 4) is 0 Å². The second-order valence-corrected chi connectivity index (χ2v) is 23.5. The number of likely N-dealkylation sites (N-methyl/N-ethyl adjacent to an activating group) is 1. The van der Waals surface area contributed by atoms with Crippen LogP contribution in [0, 0.1) is 0 Å². The first kappa shape index (κ1) is 68.0. The highest BCUT2D eigenvalue weighted by Crippen LogP contribution is 2.43. The van der Waals surface area contributed by atoms with Crippen molar-refractivity contribution in [1.29, 1.82) is 0 Å². The zero-order chi connectivity index (χ0) is 50.6. The Labute approximate surface area is 430 Å². The van der Waals surface area contributed by atoms with Crippen molar-refractivity contribution in [2.75, 3.05) is 40.9 Å². The molecule has 0 saturated heterocycles. The fraction of sp³-hybridized carbons (Fsp3) is 0.917. The predicted octanol–water partition coefficient (Wildman–Crippen LogP) is 18.4. The van der Waals surface area contributed by atoms with E-state index in [0.717, 1.165) is 38.5 Å². The molecule has 9 heteroatoms. The Bertz CT molecular complexity index is 1170. The van der Waals surface area contributed by atoms with Gasteiger partial charge in [0.05, 0.1) is 39.9 Å². The topological polar surface area (TPSA) is 105 Å². The van der Waals surface area contributed by atoms with Gasteiger partial charge in [0.2, 0.25) is 5.91 Å². The molecule has 0 rings (SSSR count). The molecule has 0 aliphatic heterocycles. The van der Waals surface area contributed by atoms with Gasteiger partial charge in [0.15, 0.2) is 0 Å². The third kappa shape index (κ3) is 54.6. The second-order valence-electron chi connectivity index (χ2n) is 22.1. The summed E-state index contributed by atoms with van der Waals surface area (Å²) in [5.74, 6) is -0.181. The molecule has 0 radical (unpaired) electrons. The van der Waals surface area contributed by atoms with Gasteiger partial charge in [-0.25, -0.2) is 4.57 Å². The van der Waals surface area contributed by atoms with Gasteiger partial charge in [0.25, 0.3) is 0 Å². The molecule has 0 spiro atoms. The summed E-state index contributed by atoms with van der Waals surface area (Å²) < 4.78 is 23.7. The first-order valence-corrected chi connectivity index (χ1v) is 31.7. The molecule has 0 saturated carbocycles. The number of allylic oxidation sites excluding steroid dienone is 3. The molecule has 0 aliphatic carbocycles. The van der Waals surface area contributed by atoms with E-state index in [2.05, 4.69) is 31.3 Å². The first-order valence-electron chi connectivity index (χ1n) is 30.2. The third-order valence-electron chi connectivity index (χ3n) is 13.9. The number of aliphatic hydroxyl groups is 1. The molecule has 3 atom stereocenters. The molecule has 0 aromatic heterocycles. The number of hydrogen-bond donors (Lipinski definition) is 3. The Balaban J connectivity index is 4.16. The zero-order valence-electron chi connectivity index (χ0n) is 46.8. The van der Waals surface area contributed by atoms with Gasteiger partial charge in [0.1, 0.15) is 13.2 Å². The van der Waals surface area contributed by atoms with Crippen LogP contribution < -0.4 is 5.32 Å². The van der Waals surface area contributed by atoms with Crippen molar-refractivity contribution in [1.82, 2.24) is 5.32 Å².